The van der Waals surface area contributed by atoms with E-state index in [9.17, 15) is 9.59 Å². The molecule has 1 aliphatic heterocycles. The second-order valence-corrected chi connectivity index (χ2v) is 7.90. The topological polar surface area (TPSA) is 68.3 Å². The molecule has 1 amide bonds. The molecular weight excluding hydrogens is 378 g/mol. The number of piperidine rings is 1. The number of imidazole rings is 1. The SMILES string of the molecule is Cc1cc(Cl)c2oc(C(=O)N3CCC[C@@H](C(=O)c4nccn4C)C3)c(C)c2c1. The van der Waals surface area contributed by atoms with Gasteiger partial charge in [0.1, 0.15) is 0 Å². The van der Waals surface area contributed by atoms with Crippen molar-refractivity contribution in [1.82, 2.24) is 14.5 Å². The van der Waals surface area contributed by atoms with Crippen molar-refractivity contribution in [3.63, 3.8) is 0 Å². The van der Waals surface area contributed by atoms with Crippen molar-refractivity contribution >= 4 is 34.3 Å². The summed E-state index contributed by atoms with van der Waals surface area (Å²) in [5, 5.41) is 1.35. The molecule has 0 N–H and O–H groups in total. The summed E-state index contributed by atoms with van der Waals surface area (Å²) in [5.41, 5.74) is 2.33. The van der Waals surface area contributed by atoms with Gasteiger partial charge in [-0.05, 0) is 44.4 Å². The first-order chi connectivity index (χ1) is 13.4. The molecule has 1 fully saturated rings. The van der Waals surface area contributed by atoms with Crippen molar-refractivity contribution in [1.29, 1.82) is 0 Å². The molecule has 1 saturated heterocycles. The lowest BCUT2D eigenvalue weighted by molar-refractivity contribution is 0.0608. The van der Waals surface area contributed by atoms with Gasteiger partial charge in [-0.3, -0.25) is 9.59 Å². The van der Waals surface area contributed by atoms with Crippen molar-refractivity contribution in [2.75, 3.05) is 13.1 Å². The van der Waals surface area contributed by atoms with Crippen LogP contribution < -0.4 is 0 Å². The van der Waals surface area contributed by atoms with Crippen LogP contribution in [0.2, 0.25) is 5.02 Å². The number of carbonyl (C=O) groups excluding carboxylic acids is 2. The van der Waals surface area contributed by atoms with Crippen molar-refractivity contribution < 1.29 is 14.0 Å². The Bertz CT molecular complexity index is 1080. The van der Waals surface area contributed by atoms with E-state index in [1.54, 1.807) is 28.9 Å². The lowest BCUT2D eigenvalue weighted by atomic mass is 9.93. The number of hydrogen-bond donors (Lipinski definition) is 0. The number of aromatic nitrogens is 2. The summed E-state index contributed by atoms with van der Waals surface area (Å²) in [4.78, 5) is 31.8. The van der Waals surface area contributed by atoms with Gasteiger partial charge in [0.05, 0.1) is 5.02 Å². The summed E-state index contributed by atoms with van der Waals surface area (Å²) in [6.07, 6.45) is 4.89. The molecule has 0 radical (unpaired) electrons. The van der Waals surface area contributed by atoms with E-state index in [0.717, 1.165) is 29.4 Å². The molecule has 0 unspecified atom stereocenters. The highest BCUT2D eigenvalue weighted by Gasteiger charge is 2.33. The molecule has 0 aliphatic carbocycles. The average molecular weight is 400 g/mol. The number of likely N-dealkylation sites (tertiary alicyclic amines) is 1. The Morgan fingerprint density at radius 2 is 2.07 bits per heavy atom. The molecule has 1 aromatic carbocycles. The largest absolute Gasteiger partial charge is 0.449 e. The molecule has 1 atom stereocenters. The van der Waals surface area contributed by atoms with Crippen LogP contribution in [0.4, 0.5) is 0 Å². The Morgan fingerprint density at radius 3 is 2.79 bits per heavy atom. The third kappa shape index (κ3) is 3.11. The number of aryl methyl sites for hydroxylation is 3. The van der Waals surface area contributed by atoms with Gasteiger partial charge in [-0.2, -0.15) is 0 Å². The molecule has 4 rings (SSSR count). The predicted octanol–water partition coefficient (Wildman–Crippen LogP) is 4.17. The van der Waals surface area contributed by atoms with Crippen LogP contribution in [0.25, 0.3) is 11.0 Å². The number of nitrogens with zero attached hydrogens (tertiary/aromatic N) is 3. The molecule has 6 nitrogen and oxygen atoms in total. The Labute approximate surface area is 168 Å². The highest BCUT2D eigenvalue weighted by atomic mass is 35.5. The van der Waals surface area contributed by atoms with Gasteiger partial charge in [-0.25, -0.2) is 4.98 Å². The molecule has 146 valence electrons. The molecule has 28 heavy (non-hydrogen) atoms. The fourth-order valence-electron chi connectivity index (χ4n) is 3.92. The summed E-state index contributed by atoms with van der Waals surface area (Å²) in [6.45, 7) is 4.80. The fourth-order valence-corrected chi connectivity index (χ4v) is 4.23. The van der Waals surface area contributed by atoms with Crippen LogP contribution in [-0.4, -0.2) is 39.2 Å². The minimum atomic E-state index is -0.255. The number of rotatable bonds is 3. The van der Waals surface area contributed by atoms with E-state index in [1.807, 2.05) is 26.0 Å². The molecule has 0 saturated carbocycles. The Kier molecular flexibility index (Phi) is 4.75. The maximum Gasteiger partial charge on any atom is 0.289 e. The minimum absolute atomic E-state index is 0.0232. The first-order valence-electron chi connectivity index (χ1n) is 9.37. The van der Waals surface area contributed by atoms with E-state index in [2.05, 4.69) is 4.98 Å². The number of furan rings is 1. The van der Waals surface area contributed by atoms with Crippen LogP contribution in [0.5, 0.6) is 0 Å². The van der Waals surface area contributed by atoms with Gasteiger partial charge in [0, 0.05) is 49.4 Å². The zero-order chi connectivity index (χ0) is 20.0. The Hall–Kier alpha value is -2.60. The van der Waals surface area contributed by atoms with E-state index in [-0.39, 0.29) is 17.6 Å². The van der Waals surface area contributed by atoms with Crippen molar-refractivity contribution in [3.05, 3.63) is 52.3 Å². The smallest absolute Gasteiger partial charge is 0.289 e. The second kappa shape index (κ2) is 7.09. The zero-order valence-corrected chi connectivity index (χ0v) is 16.9. The molecule has 0 spiro atoms. The van der Waals surface area contributed by atoms with Gasteiger partial charge in [0.15, 0.2) is 17.2 Å². The standard InChI is InChI=1S/C21H22ClN3O3/c1-12-9-15-13(2)18(28-19(15)16(22)10-12)21(27)25-7-4-5-14(11-25)17(26)20-23-6-8-24(20)3/h6,8-10,14H,4-5,7,11H2,1-3H3/t14-/m1/s1. The average Bonchev–Trinajstić information content (AvgIpc) is 3.25. The molecular formula is C21H22ClN3O3. The van der Waals surface area contributed by atoms with E-state index in [4.69, 9.17) is 16.0 Å². The Morgan fingerprint density at radius 1 is 1.29 bits per heavy atom. The van der Waals surface area contributed by atoms with E-state index in [0.29, 0.717) is 35.3 Å². The highest BCUT2D eigenvalue weighted by Crippen LogP contribution is 2.33. The van der Waals surface area contributed by atoms with Crippen molar-refractivity contribution in [3.8, 4) is 0 Å². The van der Waals surface area contributed by atoms with E-state index in [1.165, 1.54) is 0 Å². The molecule has 0 bridgehead atoms. The van der Waals surface area contributed by atoms with Crippen LogP contribution in [0, 0.1) is 19.8 Å². The number of amides is 1. The third-order valence-electron chi connectivity index (χ3n) is 5.45. The van der Waals surface area contributed by atoms with Crippen LogP contribution in [0.1, 0.15) is 45.1 Å². The fraction of sp³-hybridized carbons (Fsp3) is 0.381. The van der Waals surface area contributed by atoms with Gasteiger partial charge < -0.3 is 13.9 Å². The summed E-state index contributed by atoms with van der Waals surface area (Å²) in [7, 11) is 1.80. The first-order valence-corrected chi connectivity index (χ1v) is 9.74. The number of hydrogen-bond acceptors (Lipinski definition) is 4. The lowest BCUT2D eigenvalue weighted by Crippen LogP contribution is -2.42. The van der Waals surface area contributed by atoms with Gasteiger partial charge in [0.25, 0.3) is 5.91 Å². The van der Waals surface area contributed by atoms with Gasteiger partial charge in [-0.15, -0.1) is 0 Å². The summed E-state index contributed by atoms with van der Waals surface area (Å²) >= 11 is 6.30. The molecule has 3 heterocycles. The maximum atomic E-state index is 13.2. The normalized spacial score (nSPS) is 17.3. The second-order valence-electron chi connectivity index (χ2n) is 7.50. The van der Waals surface area contributed by atoms with Gasteiger partial charge >= 0.3 is 0 Å². The predicted molar refractivity (Wildman–Crippen MR) is 107 cm³/mol. The Balaban J connectivity index is 1.61. The number of halogens is 1. The first kappa shape index (κ1) is 18.7. The van der Waals surface area contributed by atoms with Crippen LogP contribution in [0.3, 0.4) is 0 Å². The molecule has 3 aromatic rings. The van der Waals surface area contributed by atoms with Crippen LogP contribution in [0.15, 0.2) is 28.9 Å². The number of benzene rings is 1. The van der Waals surface area contributed by atoms with Crippen molar-refractivity contribution in [2.45, 2.75) is 26.7 Å². The van der Waals surface area contributed by atoms with Crippen LogP contribution >= 0.6 is 11.6 Å². The summed E-state index contributed by atoms with van der Waals surface area (Å²) in [5.74, 6) is 0.258. The third-order valence-corrected chi connectivity index (χ3v) is 5.73. The molecule has 7 heteroatoms. The minimum Gasteiger partial charge on any atom is -0.449 e. The molecule has 2 aromatic heterocycles. The quantitative estimate of drug-likeness (QED) is 0.620. The van der Waals surface area contributed by atoms with Gasteiger partial charge in [-0.1, -0.05) is 11.6 Å². The highest BCUT2D eigenvalue weighted by molar-refractivity contribution is 6.35. The lowest BCUT2D eigenvalue weighted by Gasteiger charge is -2.31. The molecule has 1 aliphatic rings. The van der Waals surface area contributed by atoms with Crippen LogP contribution in [-0.2, 0) is 7.05 Å². The van der Waals surface area contributed by atoms with E-state index < -0.39 is 0 Å². The summed E-state index contributed by atoms with van der Waals surface area (Å²) < 4.78 is 7.58. The number of ketones is 1. The summed E-state index contributed by atoms with van der Waals surface area (Å²) in [6, 6.07) is 3.80. The monoisotopic (exact) mass is 399 g/mol. The number of carbonyl (C=O) groups is 2. The zero-order valence-electron chi connectivity index (χ0n) is 16.2. The van der Waals surface area contributed by atoms with Crippen molar-refractivity contribution in [2.24, 2.45) is 13.0 Å². The van der Waals surface area contributed by atoms with E-state index >= 15 is 0 Å². The number of fused-ring (bicyclic) bond motifs is 1. The van der Waals surface area contributed by atoms with Gasteiger partial charge in [0.2, 0.25) is 5.78 Å². The number of Topliss-reactive ketones (excluding diaryl/α,β-unsaturated/α-hetero) is 1. The maximum absolute atomic E-state index is 13.2.